The lowest BCUT2D eigenvalue weighted by molar-refractivity contribution is -0.881. The Morgan fingerprint density at radius 1 is 1.00 bits per heavy atom. The van der Waals surface area contributed by atoms with Gasteiger partial charge in [-0.05, 0) is 81.0 Å². The molecule has 1 saturated heterocycles. The number of quaternary nitrogens is 1. The summed E-state index contributed by atoms with van der Waals surface area (Å²) in [6.07, 6.45) is 10.2. The predicted octanol–water partition coefficient (Wildman–Crippen LogP) is 6.10. The van der Waals surface area contributed by atoms with Crippen LogP contribution < -0.4 is 5.73 Å². The van der Waals surface area contributed by atoms with Crippen molar-refractivity contribution < 1.29 is 8.87 Å². The SMILES string of the molecule is CC1=CC=CCC1(C(=N)N)[N+]1(C(=Nc2ccc(F)cc2)c2c(C)cccc2C)CCCCC1. The first-order valence-corrected chi connectivity index (χ1v) is 11.8. The third kappa shape index (κ3) is 3.84. The van der Waals surface area contributed by atoms with E-state index < -0.39 is 5.54 Å². The van der Waals surface area contributed by atoms with E-state index in [0.717, 1.165) is 60.5 Å². The van der Waals surface area contributed by atoms with Gasteiger partial charge < -0.3 is 5.73 Å². The van der Waals surface area contributed by atoms with Crippen LogP contribution in [0.3, 0.4) is 0 Å². The minimum Gasteiger partial charge on any atom is -0.382 e. The molecular formula is C28H34FN4+. The van der Waals surface area contributed by atoms with E-state index >= 15 is 0 Å². The van der Waals surface area contributed by atoms with E-state index in [4.69, 9.17) is 16.1 Å². The van der Waals surface area contributed by atoms with Crippen LogP contribution in [0.1, 0.15) is 49.3 Å². The Bertz CT molecular complexity index is 1120. The molecule has 0 radical (unpaired) electrons. The van der Waals surface area contributed by atoms with Gasteiger partial charge in [-0.2, -0.15) is 4.99 Å². The quantitative estimate of drug-likeness (QED) is 0.333. The molecule has 172 valence electrons. The second kappa shape index (κ2) is 9.06. The van der Waals surface area contributed by atoms with E-state index in [9.17, 15) is 4.39 Å². The summed E-state index contributed by atoms with van der Waals surface area (Å²) in [5, 5.41) is 8.88. The number of piperidine rings is 1. The molecule has 0 aromatic heterocycles. The number of nitrogens with zero attached hydrogens (tertiary/aromatic N) is 2. The fourth-order valence-electron chi connectivity index (χ4n) is 5.81. The Balaban J connectivity index is 2.08. The number of benzene rings is 2. The van der Waals surface area contributed by atoms with E-state index in [1.54, 1.807) is 12.1 Å². The zero-order valence-electron chi connectivity index (χ0n) is 19.9. The van der Waals surface area contributed by atoms with Gasteiger partial charge in [0, 0.05) is 6.42 Å². The highest BCUT2D eigenvalue weighted by atomic mass is 19.1. The van der Waals surface area contributed by atoms with Crippen molar-refractivity contribution in [1.29, 1.82) is 5.41 Å². The molecule has 33 heavy (non-hydrogen) atoms. The van der Waals surface area contributed by atoms with Crippen LogP contribution in [0, 0.1) is 25.1 Å². The summed E-state index contributed by atoms with van der Waals surface area (Å²) in [6, 6.07) is 12.7. The zero-order valence-corrected chi connectivity index (χ0v) is 19.9. The van der Waals surface area contributed by atoms with Crippen LogP contribution in [0.4, 0.5) is 10.1 Å². The molecule has 1 aliphatic carbocycles. The number of allylic oxidation sites excluding steroid dienone is 2. The molecule has 1 fully saturated rings. The maximum atomic E-state index is 13.7. The lowest BCUT2D eigenvalue weighted by Gasteiger charge is -2.55. The Labute approximate surface area is 196 Å². The van der Waals surface area contributed by atoms with E-state index in [1.807, 2.05) is 0 Å². The average Bonchev–Trinajstić information content (AvgIpc) is 2.80. The number of likely N-dealkylation sites (tertiary alicyclic amines) is 1. The van der Waals surface area contributed by atoms with Gasteiger partial charge >= 0.3 is 0 Å². The number of rotatable bonds is 4. The highest BCUT2D eigenvalue weighted by Crippen LogP contribution is 2.44. The summed E-state index contributed by atoms with van der Waals surface area (Å²) in [7, 11) is 0. The fraction of sp³-hybridized carbons (Fsp3) is 0.357. The Kier molecular flexibility index (Phi) is 6.35. The Hall–Kier alpha value is -3.05. The minimum absolute atomic E-state index is 0.181. The highest BCUT2D eigenvalue weighted by Gasteiger charge is 2.59. The van der Waals surface area contributed by atoms with Crippen LogP contribution in [0.15, 0.2) is 71.3 Å². The van der Waals surface area contributed by atoms with Gasteiger partial charge in [-0.1, -0.05) is 36.4 Å². The van der Waals surface area contributed by atoms with Crippen LogP contribution in [0.25, 0.3) is 0 Å². The smallest absolute Gasteiger partial charge is 0.237 e. The zero-order chi connectivity index (χ0) is 23.6. The number of hydrogen-bond donors (Lipinski definition) is 2. The summed E-state index contributed by atoms with van der Waals surface area (Å²) < 4.78 is 14.2. The first-order valence-electron chi connectivity index (χ1n) is 11.8. The number of hydrogen-bond acceptors (Lipinski definition) is 2. The van der Waals surface area contributed by atoms with E-state index in [-0.39, 0.29) is 11.7 Å². The number of halogens is 1. The van der Waals surface area contributed by atoms with Crippen molar-refractivity contribution in [2.24, 2.45) is 10.7 Å². The standard InChI is InChI=1S/C28H34FN4/c1-20-10-9-11-21(2)25(20)26(32-24-15-13-23(29)14-16-24)33(18-7-4-8-19-33)28(27(30)31)17-6-5-12-22(28)3/h5-6,9-16H,4,7-8,17-19H2,1-3H3,(H3,30,31)/q+1. The molecule has 1 unspecified atom stereocenters. The molecular weight excluding hydrogens is 411 g/mol. The van der Waals surface area contributed by atoms with Crippen molar-refractivity contribution >= 4 is 17.4 Å². The van der Waals surface area contributed by atoms with Crippen LogP contribution in [0.5, 0.6) is 0 Å². The summed E-state index contributed by atoms with van der Waals surface area (Å²) >= 11 is 0. The highest BCUT2D eigenvalue weighted by molar-refractivity contribution is 6.01. The van der Waals surface area contributed by atoms with E-state index in [2.05, 4.69) is 57.2 Å². The van der Waals surface area contributed by atoms with Gasteiger partial charge in [0.05, 0.1) is 24.3 Å². The van der Waals surface area contributed by atoms with Crippen molar-refractivity contribution in [3.8, 4) is 0 Å². The van der Waals surface area contributed by atoms with Gasteiger partial charge in [0.15, 0.2) is 11.4 Å². The lowest BCUT2D eigenvalue weighted by Crippen LogP contribution is -2.74. The number of aryl methyl sites for hydroxylation is 2. The van der Waals surface area contributed by atoms with Crippen LogP contribution in [-0.4, -0.2) is 34.8 Å². The molecule has 0 bridgehead atoms. The first kappa shape index (κ1) is 23.1. The van der Waals surface area contributed by atoms with Gasteiger partial charge in [-0.3, -0.25) is 9.89 Å². The third-order valence-corrected chi connectivity index (χ3v) is 7.48. The number of nitrogens with two attached hydrogens (primary N) is 1. The van der Waals surface area contributed by atoms with Crippen molar-refractivity contribution in [1.82, 2.24) is 0 Å². The van der Waals surface area contributed by atoms with Gasteiger partial charge in [0.2, 0.25) is 5.84 Å². The van der Waals surface area contributed by atoms with Gasteiger partial charge in [-0.25, -0.2) is 4.39 Å². The number of amidine groups is 2. The molecule has 2 aliphatic rings. The van der Waals surface area contributed by atoms with Gasteiger partial charge in [0.25, 0.3) is 0 Å². The van der Waals surface area contributed by atoms with Crippen molar-refractivity contribution in [2.75, 3.05) is 13.1 Å². The minimum atomic E-state index is -0.692. The maximum absolute atomic E-state index is 13.7. The van der Waals surface area contributed by atoms with Crippen LogP contribution >= 0.6 is 0 Å². The Morgan fingerprint density at radius 2 is 1.64 bits per heavy atom. The molecule has 4 nitrogen and oxygen atoms in total. The molecule has 1 atom stereocenters. The lowest BCUT2D eigenvalue weighted by atomic mass is 9.76. The molecule has 0 spiro atoms. The molecule has 1 heterocycles. The fourth-order valence-corrected chi connectivity index (χ4v) is 5.81. The summed E-state index contributed by atoms with van der Waals surface area (Å²) in [5.41, 5.74) is 11.0. The second-order valence-corrected chi connectivity index (χ2v) is 9.41. The van der Waals surface area contributed by atoms with Crippen molar-refractivity contribution in [3.05, 3.63) is 88.8 Å². The van der Waals surface area contributed by atoms with Crippen LogP contribution in [0.2, 0.25) is 0 Å². The molecule has 0 amide bonds. The predicted molar refractivity (Wildman–Crippen MR) is 135 cm³/mol. The molecule has 2 aromatic rings. The normalized spacial score (nSPS) is 22.7. The van der Waals surface area contributed by atoms with Gasteiger partial charge in [0.1, 0.15) is 5.82 Å². The largest absolute Gasteiger partial charge is 0.382 e. The summed E-state index contributed by atoms with van der Waals surface area (Å²) in [4.78, 5) is 5.24. The Morgan fingerprint density at radius 3 is 2.21 bits per heavy atom. The molecule has 4 rings (SSSR count). The second-order valence-electron chi connectivity index (χ2n) is 9.41. The van der Waals surface area contributed by atoms with E-state index in [0.29, 0.717) is 16.6 Å². The monoisotopic (exact) mass is 445 g/mol. The van der Waals surface area contributed by atoms with E-state index in [1.165, 1.54) is 12.1 Å². The number of nitrogens with one attached hydrogen (secondary N) is 1. The molecule has 1 aliphatic heterocycles. The molecule has 3 N–H and O–H groups in total. The van der Waals surface area contributed by atoms with Crippen molar-refractivity contribution in [3.63, 3.8) is 0 Å². The third-order valence-electron chi connectivity index (χ3n) is 7.48. The maximum Gasteiger partial charge on any atom is 0.237 e. The average molecular weight is 446 g/mol. The summed E-state index contributed by atoms with van der Waals surface area (Å²) in [5.74, 6) is 0.830. The topological polar surface area (TPSA) is 62.2 Å². The molecule has 5 heteroatoms. The van der Waals surface area contributed by atoms with Crippen molar-refractivity contribution in [2.45, 2.75) is 52.0 Å². The van der Waals surface area contributed by atoms with Gasteiger partial charge in [-0.15, -0.1) is 0 Å². The number of aliphatic imine (C=N–C) groups is 1. The summed E-state index contributed by atoms with van der Waals surface area (Å²) in [6.45, 7) is 8.04. The molecule has 2 aromatic carbocycles. The van der Waals surface area contributed by atoms with Crippen LogP contribution in [-0.2, 0) is 0 Å². The first-order chi connectivity index (χ1) is 15.8. The molecule has 0 saturated carbocycles.